The minimum atomic E-state index is -0.259. The fourth-order valence-electron chi connectivity index (χ4n) is 0.883. The van der Waals surface area contributed by atoms with Crippen LogP contribution in [0.2, 0.25) is 0 Å². The third kappa shape index (κ3) is 2.93. The second kappa shape index (κ2) is 4.78. The second-order valence-electron chi connectivity index (χ2n) is 2.74. The summed E-state index contributed by atoms with van der Waals surface area (Å²) >= 11 is 0. The molecule has 0 aliphatic heterocycles. The van der Waals surface area contributed by atoms with Gasteiger partial charge in [0.05, 0.1) is 6.10 Å². The van der Waals surface area contributed by atoms with Crippen molar-refractivity contribution >= 4 is 5.69 Å². The van der Waals surface area contributed by atoms with Crippen LogP contribution in [0.4, 0.5) is 5.69 Å². The minimum Gasteiger partial charge on any atom is -0.391 e. The van der Waals surface area contributed by atoms with E-state index in [-0.39, 0.29) is 6.10 Å². The number of aliphatic hydroxyl groups is 1. The van der Waals surface area contributed by atoms with Crippen molar-refractivity contribution in [3.63, 3.8) is 0 Å². The molecule has 0 bridgehead atoms. The van der Waals surface area contributed by atoms with E-state index in [1.165, 1.54) is 0 Å². The van der Waals surface area contributed by atoms with Crippen molar-refractivity contribution in [2.24, 2.45) is 0 Å². The molecule has 0 saturated carbocycles. The van der Waals surface area contributed by atoms with Crippen LogP contribution in [0.25, 0.3) is 0 Å². The van der Waals surface area contributed by atoms with Gasteiger partial charge in [0.1, 0.15) is 0 Å². The molecule has 0 saturated heterocycles. The van der Waals surface area contributed by atoms with Crippen molar-refractivity contribution in [2.75, 3.05) is 11.9 Å². The van der Waals surface area contributed by atoms with Crippen molar-refractivity contribution in [2.45, 2.75) is 19.4 Å². The van der Waals surface area contributed by atoms with E-state index in [9.17, 15) is 5.11 Å². The van der Waals surface area contributed by atoms with Crippen LogP contribution in [0.1, 0.15) is 13.3 Å². The molecule has 0 aromatic heterocycles. The van der Waals surface area contributed by atoms with Crippen molar-refractivity contribution in [3.8, 4) is 0 Å². The molecule has 2 heteroatoms. The lowest BCUT2D eigenvalue weighted by Gasteiger charge is -2.09. The highest BCUT2D eigenvalue weighted by molar-refractivity contribution is 5.41. The maximum absolute atomic E-state index is 9.25. The van der Waals surface area contributed by atoms with Crippen LogP contribution in [-0.2, 0) is 0 Å². The van der Waals surface area contributed by atoms with E-state index in [1.807, 2.05) is 31.2 Å². The summed E-state index contributed by atoms with van der Waals surface area (Å²) in [6.45, 7) is 2.57. The zero-order valence-corrected chi connectivity index (χ0v) is 7.25. The monoisotopic (exact) mass is 164 g/mol. The molecule has 1 aromatic carbocycles. The normalized spacial score (nSPS) is 12.5. The number of nitrogens with one attached hydrogen (secondary N) is 1. The van der Waals surface area contributed by atoms with Crippen molar-refractivity contribution in [3.05, 3.63) is 30.3 Å². The lowest BCUT2D eigenvalue weighted by molar-refractivity contribution is 0.183. The SMILES string of the molecule is CCC(O)CNc1c[c]ccc1. The highest BCUT2D eigenvalue weighted by Crippen LogP contribution is 2.04. The first-order valence-corrected chi connectivity index (χ1v) is 4.21. The third-order valence-electron chi connectivity index (χ3n) is 1.72. The topological polar surface area (TPSA) is 32.3 Å². The number of benzene rings is 1. The number of aliphatic hydroxyl groups excluding tert-OH is 1. The molecule has 2 N–H and O–H groups in total. The van der Waals surface area contributed by atoms with Crippen LogP contribution in [0.15, 0.2) is 24.3 Å². The lowest BCUT2D eigenvalue weighted by atomic mass is 10.2. The molecule has 0 aliphatic carbocycles. The molecule has 1 unspecified atom stereocenters. The number of hydrogen-bond acceptors (Lipinski definition) is 2. The van der Waals surface area contributed by atoms with E-state index in [0.717, 1.165) is 12.1 Å². The maximum atomic E-state index is 9.25. The van der Waals surface area contributed by atoms with Gasteiger partial charge in [-0.2, -0.15) is 0 Å². The van der Waals surface area contributed by atoms with Gasteiger partial charge in [0.2, 0.25) is 0 Å². The van der Waals surface area contributed by atoms with E-state index < -0.39 is 0 Å². The molecule has 0 heterocycles. The molecule has 1 rings (SSSR count). The summed E-state index contributed by atoms with van der Waals surface area (Å²) in [4.78, 5) is 0. The van der Waals surface area contributed by atoms with Crippen molar-refractivity contribution in [1.29, 1.82) is 0 Å². The summed E-state index contributed by atoms with van der Waals surface area (Å²) in [7, 11) is 0. The molecule has 0 aliphatic rings. The minimum absolute atomic E-state index is 0.259. The molecule has 1 atom stereocenters. The Kier molecular flexibility index (Phi) is 3.61. The molecule has 0 amide bonds. The first-order chi connectivity index (χ1) is 5.83. The quantitative estimate of drug-likeness (QED) is 0.709. The summed E-state index contributed by atoms with van der Waals surface area (Å²) in [5.74, 6) is 0. The predicted octanol–water partition coefficient (Wildman–Crippen LogP) is 1.67. The number of anilines is 1. The molecule has 0 spiro atoms. The highest BCUT2D eigenvalue weighted by Gasteiger charge is 1.98. The summed E-state index contributed by atoms with van der Waals surface area (Å²) < 4.78 is 0. The van der Waals surface area contributed by atoms with Crippen molar-refractivity contribution in [1.82, 2.24) is 0 Å². The van der Waals surface area contributed by atoms with Crippen LogP contribution < -0.4 is 5.32 Å². The highest BCUT2D eigenvalue weighted by atomic mass is 16.3. The van der Waals surface area contributed by atoms with E-state index in [1.54, 1.807) is 0 Å². The molecular weight excluding hydrogens is 150 g/mol. The Balaban J connectivity index is 2.33. The van der Waals surface area contributed by atoms with Gasteiger partial charge in [-0.3, -0.25) is 0 Å². The third-order valence-corrected chi connectivity index (χ3v) is 1.72. The molecule has 2 nitrogen and oxygen atoms in total. The maximum Gasteiger partial charge on any atom is 0.0709 e. The van der Waals surface area contributed by atoms with Crippen LogP contribution in [0.5, 0.6) is 0 Å². The fraction of sp³-hybridized carbons (Fsp3) is 0.400. The van der Waals surface area contributed by atoms with Gasteiger partial charge < -0.3 is 10.4 Å². The predicted molar refractivity (Wildman–Crippen MR) is 50.1 cm³/mol. The van der Waals surface area contributed by atoms with Crippen LogP contribution in [0.3, 0.4) is 0 Å². The average molecular weight is 164 g/mol. The van der Waals surface area contributed by atoms with Gasteiger partial charge in [-0.05, 0) is 24.6 Å². The fourth-order valence-corrected chi connectivity index (χ4v) is 0.883. The first-order valence-electron chi connectivity index (χ1n) is 4.21. The Morgan fingerprint density at radius 1 is 1.67 bits per heavy atom. The summed E-state index contributed by atoms with van der Waals surface area (Å²) in [5.41, 5.74) is 1.00. The average Bonchev–Trinajstić information content (AvgIpc) is 2.16. The summed E-state index contributed by atoms with van der Waals surface area (Å²) in [5, 5.41) is 12.4. The molecule has 0 fully saturated rings. The van der Waals surface area contributed by atoms with E-state index in [2.05, 4.69) is 11.4 Å². The van der Waals surface area contributed by atoms with E-state index in [4.69, 9.17) is 0 Å². The van der Waals surface area contributed by atoms with Gasteiger partial charge >= 0.3 is 0 Å². The standard InChI is InChI=1S/C10H14NO/c1-2-10(12)8-11-9-6-4-3-5-7-9/h3-4,6-7,10-12H,2,8H2,1H3. The Hall–Kier alpha value is -1.02. The lowest BCUT2D eigenvalue weighted by Crippen LogP contribution is -2.17. The van der Waals surface area contributed by atoms with Gasteiger partial charge in [0, 0.05) is 12.2 Å². The number of rotatable bonds is 4. The van der Waals surface area contributed by atoms with E-state index in [0.29, 0.717) is 6.54 Å². The van der Waals surface area contributed by atoms with Crippen LogP contribution in [-0.4, -0.2) is 17.8 Å². The van der Waals surface area contributed by atoms with Crippen LogP contribution in [0, 0.1) is 6.07 Å². The molecule has 12 heavy (non-hydrogen) atoms. The van der Waals surface area contributed by atoms with Crippen molar-refractivity contribution < 1.29 is 5.11 Å². The molecule has 1 radical (unpaired) electrons. The Morgan fingerprint density at radius 2 is 2.50 bits per heavy atom. The van der Waals surface area contributed by atoms with Gasteiger partial charge in [-0.1, -0.05) is 19.1 Å². The summed E-state index contributed by atoms with van der Waals surface area (Å²) in [6, 6.07) is 10.5. The largest absolute Gasteiger partial charge is 0.391 e. The summed E-state index contributed by atoms with van der Waals surface area (Å²) in [6.07, 6.45) is 0.522. The van der Waals surface area contributed by atoms with Gasteiger partial charge in [0.25, 0.3) is 0 Å². The molecule has 1 aromatic rings. The van der Waals surface area contributed by atoms with E-state index >= 15 is 0 Å². The zero-order valence-electron chi connectivity index (χ0n) is 7.25. The molecule has 65 valence electrons. The smallest absolute Gasteiger partial charge is 0.0709 e. The second-order valence-corrected chi connectivity index (χ2v) is 2.74. The first kappa shape index (κ1) is 9.07. The Labute approximate surface area is 73.2 Å². The van der Waals surface area contributed by atoms with Gasteiger partial charge in [-0.15, -0.1) is 0 Å². The number of hydrogen-bond donors (Lipinski definition) is 2. The molecular formula is C10H14NO. The Bertz CT molecular complexity index is 210. The van der Waals surface area contributed by atoms with Crippen LogP contribution >= 0.6 is 0 Å². The zero-order chi connectivity index (χ0) is 8.81. The van der Waals surface area contributed by atoms with Gasteiger partial charge in [0.15, 0.2) is 0 Å². The van der Waals surface area contributed by atoms with Gasteiger partial charge in [-0.25, -0.2) is 0 Å². The Morgan fingerprint density at radius 3 is 3.08 bits per heavy atom.